The molecule has 10 heteroatoms. The van der Waals surface area contributed by atoms with Crippen molar-refractivity contribution in [2.45, 2.75) is 25.9 Å². The van der Waals surface area contributed by atoms with E-state index in [9.17, 15) is 9.59 Å². The number of hydrogen-bond acceptors (Lipinski definition) is 6. The molecular weight excluding hydrogens is 528 g/mol. The van der Waals surface area contributed by atoms with Crippen LogP contribution < -0.4 is 0 Å². The zero-order chi connectivity index (χ0) is 28.8. The Balaban J connectivity index is 1.09. The van der Waals surface area contributed by atoms with E-state index in [4.69, 9.17) is 0 Å². The van der Waals surface area contributed by atoms with Gasteiger partial charge < -0.3 is 19.8 Å². The molecule has 0 aliphatic carbocycles. The van der Waals surface area contributed by atoms with Crippen LogP contribution in [0.2, 0.25) is 0 Å². The maximum Gasteiger partial charge on any atom is 0.273 e. The van der Waals surface area contributed by atoms with Gasteiger partial charge in [-0.3, -0.25) is 9.59 Å². The summed E-state index contributed by atoms with van der Waals surface area (Å²) in [7, 11) is 0. The number of hydrogen-bond donors (Lipinski definition) is 2. The fraction of sp³-hybridized carbons (Fsp3) is 0.188. The largest absolute Gasteiger partial charge is 0.337 e. The second-order valence-electron chi connectivity index (χ2n) is 10.6. The molecule has 0 unspecified atom stereocenters. The molecule has 2 atom stereocenters. The Morgan fingerprint density at radius 2 is 1.10 bits per heavy atom. The summed E-state index contributed by atoms with van der Waals surface area (Å²) in [5.74, 6) is 0.869. The van der Waals surface area contributed by atoms with Crippen LogP contribution in [0.4, 0.5) is 0 Å². The predicted molar refractivity (Wildman–Crippen MR) is 160 cm³/mol. The number of nitrogens with one attached hydrogen (secondary N) is 2. The molecule has 6 aromatic rings. The lowest BCUT2D eigenvalue weighted by molar-refractivity contribution is 0.0248. The Hall–Kier alpha value is -5.38. The molecule has 1 aliphatic rings. The second kappa shape index (κ2) is 10.2. The van der Waals surface area contributed by atoms with Crippen molar-refractivity contribution < 1.29 is 9.59 Å². The van der Waals surface area contributed by atoms with Gasteiger partial charge in [0, 0.05) is 25.2 Å². The smallest absolute Gasteiger partial charge is 0.273 e. The fourth-order valence-electron chi connectivity index (χ4n) is 5.70. The van der Waals surface area contributed by atoms with E-state index < -0.39 is 0 Å². The van der Waals surface area contributed by atoms with Crippen molar-refractivity contribution in [3.8, 4) is 23.0 Å². The number of carbonyl (C=O) groups is 2. The first-order valence-corrected chi connectivity index (χ1v) is 13.9. The topological polar surface area (TPSA) is 124 Å². The number of aromatic amines is 2. The molecule has 10 nitrogen and oxygen atoms in total. The van der Waals surface area contributed by atoms with Crippen molar-refractivity contribution in [3.63, 3.8) is 0 Å². The highest BCUT2D eigenvalue weighted by molar-refractivity contribution is 5.95. The number of benzene rings is 2. The summed E-state index contributed by atoms with van der Waals surface area (Å²) in [6.45, 7) is 4.67. The molecule has 2 amide bonds. The number of carbonyl (C=O) groups excluding carboxylic acids is 2. The van der Waals surface area contributed by atoms with E-state index >= 15 is 0 Å². The van der Waals surface area contributed by atoms with Gasteiger partial charge in [0.25, 0.3) is 11.8 Å². The minimum Gasteiger partial charge on any atom is -0.337 e. The van der Waals surface area contributed by atoms with Gasteiger partial charge in [0.2, 0.25) is 0 Å². The average Bonchev–Trinajstić information content (AvgIpc) is 3.65. The number of nitrogens with zero attached hydrogens (tertiary/aromatic N) is 6. The van der Waals surface area contributed by atoms with E-state index in [2.05, 4.69) is 29.9 Å². The molecule has 0 spiro atoms. The highest BCUT2D eigenvalue weighted by atomic mass is 16.2. The van der Waals surface area contributed by atoms with Crippen LogP contribution in [-0.2, 0) is 0 Å². The lowest BCUT2D eigenvalue weighted by atomic mass is 10.1. The van der Waals surface area contributed by atoms with Gasteiger partial charge in [-0.1, -0.05) is 36.4 Å². The predicted octanol–water partition coefficient (Wildman–Crippen LogP) is 4.94. The molecule has 7 rings (SSSR count). The van der Waals surface area contributed by atoms with Crippen molar-refractivity contribution in [2.24, 2.45) is 0 Å². The molecule has 0 bridgehead atoms. The Kier molecular flexibility index (Phi) is 6.23. The molecule has 2 N–H and O–H groups in total. The Labute approximate surface area is 241 Å². The monoisotopic (exact) mass is 556 g/mol. The number of fused-ring (bicyclic) bond motifs is 2. The molecule has 1 aliphatic heterocycles. The number of rotatable bonds is 4. The maximum absolute atomic E-state index is 13.7. The molecule has 208 valence electrons. The van der Waals surface area contributed by atoms with Gasteiger partial charge in [-0.15, -0.1) is 0 Å². The second-order valence-corrected chi connectivity index (χ2v) is 10.6. The standard InChI is InChI=1S/C32H28N8O2/c1-19-17-39(31(41)27-15-7-13-25(33-27)29-35-21-9-3-4-10-22(21)36-29)18-20(2)40(19)32(42)28-16-8-14-26(34-28)30-37-23-11-5-6-12-24(23)38-30/h3-16,19-20H,17-18H2,1-2H3,(H,35,36)(H,37,38)/t19-,20-/m1/s1. The zero-order valence-electron chi connectivity index (χ0n) is 23.2. The van der Waals surface area contributed by atoms with Crippen LogP contribution in [0, 0.1) is 0 Å². The maximum atomic E-state index is 13.7. The number of para-hydroxylation sites is 4. The molecule has 1 saturated heterocycles. The minimum atomic E-state index is -0.222. The summed E-state index contributed by atoms with van der Waals surface area (Å²) >= 11 is 0. The first-order chi connectivity index (χ1) is 20.4. The summed E-state index contributed by atoms with van der Waals surface area (Å²) in [5.41, 5.74) is 5.38. The van der Waals surface area contributed by atoms with Crippen LogP contribution in [0.1, 0.15) is 34.8 Å². The van der Waals surface area contributed by atoms with E-state index in [1.54, 1.807) is 17.0 Å². The number of aromatic nitrogens is 6. The Morgan fingerprint density at radius 3 is 1.60 bits per heavy atom. The SMILES string of the molecule is C[C@@H]1CN(C(=O)c2cccc(-c3nc4ccccc4[nH]3)n2)C[C@@H](C)N1C(=O)c1cccc(-c2nc3ccccc3[nH]2)n1. The van der Waals surface area contributed by atoms with Gasteiger partial charge in [0.1, 0.15) is 22.8 Å². The Morgan fingerprint density at radius 1 is 0.619 bits per heavy atom. The first kappa shape index (κ1) is 25.6. The lowest BCUT2D eigenvalue weighted by Crippen LogP contribution is -2.60. The lowest BCUT2D eigenvalue weighted by Gasteiger charge is -2.44. The van der Waals surface area contributed by atoms with Gasteiger partial charge in [-0.05, 0) is 62.4 Å². The van der Waals surface area contributed by atoms with Gasteiger partial charge >= 0.3 is 0 Å². The van der Waals surface area contributed by atoms with Crippen molar-refractivity contribution in [2.75, 3.05) is 13.1 Å². The van der Waals surface area contributed by atoms with Crippen LogP contribution in [0.3, 0.4) is 0 Å². The van der Waals surface area contributed by atoms with Crippen molar-refractivity contribution in [1.82, 2.24) is 39.7 Å². The van der Waals surface area contributed by atoms with Gasteiger partial charge in [0.15, 0.2) is 11.6 Å². The zero-order valence-corrected chi connectivity index (χ0v) is 23.2. The van der Waals surface area contributed by atoms with Crippen LogP contribution in [0.5, 0.6) is 0 Å². The van der Waals surface area contributed by atoms with E-state index in [0.29, 0.717) is 47.5 Å². The summed E-state index contributed by atoms with van der Waals surface area (Å²) in [5, 5.41) is 0. The summed E-state index contributed by atoms with van der Waals surface area (Å²) in [6, 6.07) is 25.8. The minimum absolute atomic E-state index is 0.176. The van der Waals surface area contributed by atoms with Gasteiger partial charge in [-0.2, -0.15) is 0 Å². The molecule has 4 aromatic heterocycles. The molecular formula is C32H28N8O2. The van der Waals surface area contributed by atoms with Crippen LogP contribution in [-0.4, -0.2) is 76.7 Å². The van der Waals surface area contributed by atoms with E-state index in [1.165, 1.54) is 0 Å². The number of amides is 2. The Bertz CT molecular complexity index is 1880. The number of piperazine rings is 1. The van der Waals surface area contributed by atoms with E-state index in [0.717, 1.165) is 22.1 Å². The fourth-order valence-corrected chi connectivity index (χ4v) is 5.70. The number of H-pyrrole nitrogens is 2. The van der Waals surface area contributed by atoms with Gasteiger partial charge in [0.05, 0.1) is 22.1 Å². The van der Waals surface area contributed by atoms with Gasteiger partial charge in [-0.25, -0.2) is 19.9 Å². The first-order valence-electron chi connectivity index (χ1n) is 13.9. The van der Waals surface area contributed by atoms with E-state index in [-0.39, 0.29) is 23.9 Å². The molecule has 2 aromatic carbocycles. The van der Waals surface area contributed by atoms with E-state index in [1.807, 2.05) is 91.5 Å². The normalized spacial score (nSPS) is 17.2. The van der Waals surface area contributed by atoms with Crippen molar-refractivity contribution in [1.29, 1.82) is 0 Å². The van der Waals surface area contributed by atoms with Crippen LogP contribution in [0.15, 0.2) is 84.9 Å². The highest BCUT2D eigenvalue weighted by Gasteiger charge is 2.36. The third-order valence-corrected chi connectivity index (χ3v) is 7.64. The molecule has 0 radical (unpaired) electrons. The quantitative estimate of drug-likeness (QED) is 0.317. The molecule has 0 saturated carbocycles. The third-order valence-electron chi connectivity index (χ3n) is 7.64. The number of pyridine rings is 2. The van der Waals surface area contributed by atoms with Crippen LogP contribution in [0.25, 0.3) is 45.1 Å². The molecule has 5 heterocycles. The summed E-state index contributed by atoms with van der Waals surface area (Å²) in [4.78, 5) is 55.9. The van der Waals surface area contributed by atoms with Crippen LogP contribution >= 0.6 is 0 Å². The molecule has 1 fully saturated rings. The summed E-state index contributed by atoms with van der Waals surface area (Å²) < 4.78 is 0. The van der Waals surface area contributed by atoms with Crippen molar-refractivity contribution in [3.05, 3.63) is 96.3 Å². The van der Waals surface area contributed by atoms with Crippen molar-refractivity contribution >= 4 is 33.9 Å². The summed E-state index contributed by atoms with van der Waals surface area (Å²) in [6.07, 6.45) is 0. The highest BCUT2D eigenvalue weighted by Crippen LogP contribution is 2.24. The molecule has 42 heavy (non-hydrogen) atoms. The number of imidazole rings is 2. The average molecular weight is 557 g/mol. The third kappa shape index (κ3) is 4.56.